The molecule has 32 valence electrons. The Morgan fingerprint density at radius 1 is 1.17 bits per heavy atom. The molecule has 0 aliphatic heterocycles. The average molecular weight is 124 g/mol. The molecule has 0 aliphatic carbocycles. The van der Waals surface area contributed by atoms with Gasteiger partial charge in [0.2, 0.25) is 0 Å². The van der Waals surface area contributed by atoms with Crippen LogP contribution in [-0.2, 0) is 0 Å². The number of rotatable bonds is 0. The fourth-order valence-electron chi connectivity index (χ4n) is 0. The maximum atomic E-state index is 9.97. The van der Waals surface area contributed by atoms with Crippen molar-refractivity contribution in [2.75, 3.05) is 0 Å². The van der Waals surface area contributed by atoms with Gasteiger partial charge in [-0.2, -0.15) is 0 Å². The Balaban J connectivity index is 0. The number of hydrogen-bond donors (Lipinski definition) is 1. The molecule has 0 aromatic heterocycles. The largest absolute Gasteiger partial charge is 1.00 e. The second-order valence-electron chi connectivity index (χ2n) is 0.540. The third kappa shape index (κ3) is 51.3. The molecular formula is HBF3KO. The maximum absolute atomic E-state index is 9.97. The molecule has 0 radical (unpaired) electrons. The van der Waals surface area contributed by atoms with Gasteiger partial charge in [-0.15, -0.1) is 0 Å². The average Bonchev–Trinajstić information content (AvgIpc) is 0.722. The van der Waals surface area contributed by atoms with Crippen LogP contribution in [0.2, 0.25) is 0 Å². The first-order valence-electron chi connectivity index (χ1n) is 0.913. The molecule has 0 saturated carbocycles. The molecule has 0 rings (SSSR count). The summed E-state index contributed by atoms with van der Waals surface area (Å²) in [6.45, 7) is 0. The quantitative estimate of drug-likeness (QED) is 0.349. The van der Waals surface area contributed by atoms with Gasteiger partial charge in [-0.3, -0.25) is 0 Å². The molecule has 1 nitrogen and oxygen atoms in total. The molecule has 0 aliphatic rings. The van der Waals surface area contributed by atoms with E-state index in [1.54, 1.807) is 0 Å². The summed E-state index contributed by atoms with van der Waals surface area (Å²) in [4.78, 5) is 0. The normalized spacial score (nSPS) is 10.0. The van der Waals surface area contributed by atoms with E-state index in [2.05, 4.69) is 0 Å². The smallest absolute Gasteiger partial charge is 0.523 e. The number of hydrogen-bond acceptors (Lipinski definition) is 1. The van der Waals surface area contributed by atoms with Gasteiger partial charge < -0.3 is 18.0 Å². The Labute approximate surface area is 75.4 Å². The minimum Gasteiger partial charge on any atom is -0.523 e. The van der Waals surface area contributed by atoms with Crippen molar-refractivity contribution in [2.45, 2.75) is 0 Å². The Bertz CT molecular complexity index is 26.3. The third-order valence-corrected chi connectivity index (χ3v) is 0. The summed E-state index contributed by atoms with van der Waals surface area (Å²) in [6.07, 6.45) is 0. The van der Waals surface area contributed by atoms with Crippen molar-refractivity contribution < 1.29 is 69.4 Å². The zero-order valence-corrected chi connectivity index (χ0v) is 6.28. The molecule has 0 amide bonds. The SMILES string of the molecule is O[B-](F)(F)F.[K+]. The van der Waals surface area contributed by atoms with E-state index in [0.29, 0.717) is 0 Å². The van der Waals surface area contributed by atoms with Gasteiger partial charge in [-0.25, -0.2) is 0 Å². The summed E-state index contributed by atoms with van der Waals surface area (Å²) < 4.78 is 29.9. The van der Waals surface area contributed by atoms with Crippen molar-refractivity contribution >= 4 is 7.18 Å². The first-order valence-corrected chi connectivity index (χ1v) is 0.913. The van der Waals surface area contributed by atoms with E-state index in [9.17, 15) is 12.9 Å². The standard InChI is InChI=1S/BF3HO.K/c2-1(3,4)5;/h5H;/q-1;+1. The monoisotopic (exact) mass is 124 g/mol. The molecule has 0 heterocycles. The fraction of sp³-hybridized carbons (Fsp3) is 0. The van der Waals surface area contributed by atoms with E-state index in [0.717, 1.165) is 0 Å². The van der Waals surface area contributed by atoms with Gasteiger partial charge in [0.15, 0.2) is 0 Å². The fourth-order valence-corrected chi connectivity index (χ4v) is 0. The van der Waals surface area contributed by atoms with Gasteiger partial charge in [-0.05, 0) is 0 Å². The molecular weight excluding hydrogens is 123 g/mol. The molecule has 0 spiro atoms. The summed E-state index contributed by atoms with van der Waals surface area (Å²) in [5.74, 6) is 0. The molecule has 0 saturated heterocycles. The summed E-state index contributed by atoms with van der Waals surface area (Å²) in [5, 5.41) is 6.58. The van der Waals surface area contributed by atoms with Crippen LogP contribution >= 0.6 is 0 Å². The molecule has 0 atom stereocenters. The van der Waals surface area contributed by atoms with Crippen molar-refractivity contribution in [3.63, 3.8) is 0 Å². The first-order chi connectivity index (χ1) is 2.00. The number of halogens is 3. The summed E-state index contributed by atoms with van der Waals surface area (Å²) in [5.41, 5.74) is 0. The molecule has 0 bridgehead atoms. The third-order valence-electron chi connectivity index (χ3n) is 0. The van der Waals surface area contributed by atoms with Crippen LogP contribution < -0.4 is 51.4 Å². The zero-order valence-electron chi connectivity index (χ0n) is 3.16. The summed E-state index contributed by atoms with van der Waals surface area (Å²) >= 11 is 0. The Kier molecular flexibility index (Phi) is 6.01. The van der Waals surface area contributed by atoms with Crippen LogP contribution in [0.15, 0.2) is 0 Å². The van der Waals surface area contributed by atoms with Crippen molar-refractivity contribution in [2.24, 2.45) is 0 Å². The predicted molar refractivity (Wildman–Crippen MR) is 11.3 cm³/mol. The van der Waals surface area contributed by atoms with Crippen molar-refractivity contribution in [3.05, 3.63) is 0 Å². The molecule has 0 fully saturated rings. The van der Waals surface area contributed by atoms with Gasteiger partial charge in [0.05, 0.1) is 0 Å². The Hall–Kier alpha value is 1.45. The van der Waals surface area contributed by atoms with Crippen LogP contribution in [0.25, 0.3) is 0 Å². The molecule has 6 heavy (non-hydrogen) atoms. The van der Waals surface area contributed by atoms with Crippen LogP contribution in [0.3, 0.4) is 0 Å². The maximum Gasteiger partial charge on any atom is 1.00 e. The Morgan fingerprint density at radius 2 is 1.17 bits per heavy atom. The van der Waals surface area contributed by atoms with Crippen LogP contribution in [0, 0.1) is 0 Å². The van der Waals surface area contributed by atoms with Crippen LogP contribution in [-0.4, -0.2) is 12.2 Å². The second-order valence-corrected chi connectivity index (χ2v) is 0.540. The molecule has 0 unspecified atom stereocenters. The van der Waals surface area contributed by atoms with Gasteiger partial charge >= 0.3 is 58.6 Å². The zero-order chi connectivity index (χ0) is 4.50. The van der Waals surface area contributed by atoms with Crippen LogP contribution in [0.4, 0.5) is 12.9 Å². The van der Waals surface area contributed by atoms with E-state index in [4.69, 9.17) is 5.02 Å². The molecule has 6 heteroatoms. The van der Waals surface area contributed by atoms with E-state index in [1.807, 2.05) is 0 Å². The molecule has 0 aromatic rings. The molecule has 0 aromatic carbocycles. The first kappa shape index (κ1) is 10.4. The van der Waals surface area contributed by atoms with Crippen molar-refractivity contribution in [3.8, 4) is 0 Å². The van der Waals surface area contributed by atoms with Crippen molar-refractivity contribution in [1.82, 2.24) is 0 Å². The van der Waals surface area contributed by atoms with Gasteiger partial charge in [0.25, 0.3) is 0 Å². The van der Waals surface area contributed by atoms with E-state index < -0.39 is 7.18 Å². The topological polar surface area (TPSA) is 20.2 Å². The minimum absolute atomic E-state index is 0. The molecule has 1 N–H and O–H groups in total. The van der Waals surface area contributed by atoms with E-state index in [-0.39, 0.29) is 51.4 Å². The van der Waals surface area contributed by atoms with Gasteiger partial charge in [0, 0.05) is 0 Å². The van der Waals surface area contributed by atoms with Crippen molar-refractivity contribution in [1.29, 1.82) is 0 Å². The van der Waals surface area contributed by atoms with Gasteiger partial charge in [-0.1, -0.05) is 0 Å². The van der Waals surface area contributed by atoms with Gasteiger partial charge in [0.1, 0.15) is 0 Å². The summed E-state index contributed by atoms with van der Waals surface area (Å²) in [6, 6.07) is 0. The van der Waals surface area contributed by atoms with Crippen LogP contribution in [0.5, 0.6) is 0 Å². The Morgan fingerprint density at radius 3 is 1.17 bits per heavy atom. The summed E-state index contributed by atoms with van der Waals surface area (Å²) in [7, 11) is -5.50. The van der Waals surface area contributed by atoms with Crippen LogP contribution in [0.1, 0.15) is 0 Å². The second kappa shape index (κ2) is 3.45. The van der Waals surface area contributed by atoms with E-state index in [1.165, 1.54) is 0 Å². The predicted octanol–water partition coefficient (Wildman–Crippen LogP) is -2.67. The van der Waals surface area contributed by atoms with E-state index >= 15 is 0 Å². The minimum atomic E-state index is -5.50.